The predicted molar refractivity (Wildman–Crippen MR) is 49.4 cm³/mol. The number of nitrogens with one attached hydrogen (secondary N) is 1. The zero-order chi connectivity index (χ0) is 9.42. The average molecular weight is 196 g/mol. The Hall–Kier alpha value is -1.43. The number of nitrogens with two attached hydrogens (primary N) is 1. The largest absolute Gasteiger partial charge is 0.370 e. The molecule has 2 heterocycles. The molecule has 1 aromatic heterocycles. The van der Waals surface area contributed by atoms with E-state index in [1.807, 2.05) is 6.92 Å². The van der Waals surface area contributed by atoms with Crippen molar-refractivity contribution in [2.24, 2.45) is 10.7 Å². The van der Waals surface area contributed by atoms with Crippen molar-refractivity contribution in [2.45, 2.75) is 13.0 Å². The minimum Gasteiger partial charge on any atom is -0.370 e. The molecule has 0 radical (unpaired) electrons. The molecule has 0 saturated carbocycles. The van der Waals surface area contributed by atoms with Crippen LogP contribution in [0.1, 0.15) is 15.9 Å². The average Bonchev–Trinajstić information content (AvgIpc) is 2.58. The van der Waals surface area contributed by atoms with Crippen LogP contribution in [-0.4, -0.2) is 16.9 Å². The van der Waals surface area contributed by atoms with Gasteiger partial charge in [0.25, 0.3) is 5.91 Å². The molecule has 1 aromatic rings. The lowest BCUT2D eigenvalue weighted by molar-refractivity contribution is -0.120. The fourth-order valence-corrected chi connectivity index (χ4v) is 1.90. The first kappa shape index (κ1) is 8.18. The van der Waals surface area contributed by atoms with Crippen LogP contribution in [-0.2, 0) is 4.79 Å². The molecule has 0 spiro atoms. The Morgan fingerprint density at radius 3 is 2.92 bits per heavy atom. The van der Waals surface area contributed by atoms with Gasteiger partial charge in [0, 0.05) is 11.1 Å². The van der Waals surface area contributed by atoms with Gasteiger partial charge in [0.15, 0.2) is 12.0 Å². The van der Waals surface area contributed by atoms with E-state index < -0.39 is 6.04 Å². The highest BCUT2D eigenvalue weighted by Crippen LogP contribution is 2.24. The summed E-state index contributed by atoms with van der Waals surface area (Å²) in [7, 11) is 0. The van der Waals surface area contributed by atoms with Crippen LogP contribution >= 0.6 is 11.3 Å². The molecule has 0 fully saturated rings. The number of aromatic nitrogens is 1. The molecular formula is C7H8N4OS. The highest BCUT2D eigenvalue weighted by atomic mass is 32.1. The molecule has 0 aliphatic carbocycles. The predicted octanol–water partition coefficient (Wildman–Crippen LogP) is -0.0629. The maximum atomic E-state index is 11.3. The van der Waals surface area contributed by atoms with E-state index in [4.69, 9.17) is 5.73 Å². The number of hydrogen-bond donors (Lipinski definition) is 2. The van der Waals surface area contributed by atoms with E-state index in [9.17, 15) is 4.79 Å². The third-order valence-electron chi connectivity index (χ3n) is 1.64. The second-order valence-corrected chi connectivity index (χ2v) is 3.98. The highest BCUT2D eigenvalue weighted by Gasteiger charge is 2.28. The summed E-state index contributed by atoms with van der Waals surface area (Å²) in [5, 5.41) is 3.12. The highest BCUT2D eigenvalue weighted by molar-refractivity contribution is 7.11. The monoisotopic (exact) mass is 196 g/mol. The van der Waals surface area contributed by atoms with Crippen LogP contribution in [0.5, 0.6) is 0 Å². The normalized spacial score (nSPS) is 21.5. The lowest BCUT2D eigenvalue weighted by atomic mass is 10.3. The maximum absolute atomic E-state index is 11.3. The number of aliphatic imine (C=N–C) groups is 1. The van der Waals surface area contributed by atoms with Gasteiger partial charge < -0.3 is 5.73 Å². The molecule has 1 amide bonds. The van der Waals surface area contributed by atoms with Gasteiger partial charge in [0.2, 0.25) is 0 Å². The molecule has 1 aliphatic heterocycles. The molecule has 6 heteroatoms. The van der Waals surface area contributed by atoms with Gasteiger partial charge in [-0.25, -0.2) is 9.98 Å². The number of hydrogen-bond acceptors (Lipinski definition) is 5. The molecule has 5 nitrogen and oxygen atoms in total. The third kappa shape index (κ3) is 1.40. The Labute approximate surface area is 78.7 Å². The molecule has 3 N–H and O–H groups in total. The van der Waals surface area contributed by atoms with Gasteiger partial charge >= 0.3 is 0 Å². The second-order valence-electron chi connectivity index (χ2n) is 2.72. The smallest absolute Gasteiger partial charge is 0.258 e. The van der Waals surface area contributed by atoms with Crippen molar-refractivity contribution in [3.05, 3.63) is 16.1 Å². The Morgan fingerprint density at radius 2 is 2.46 bits per heavy atom. The van der Waals surface area contributed by atoms with Gasteiger partial charge in [0.05, 0.1) is 0 Å². The van der Waals surface area contributed by atoms with Gasteiger partial charge in [0.1, 0.15) is 5.01 Å². The fraction of sp³-hybridized carbons (Fsp3) is 0.286. The molecule has 0 saturated heterocycles. The van der Waals surface area contributed by atoms with Crippen molar-refractivity contribution in [3.63, 3.8) is 0 Å². The lowest BCUT2D eigenvalue weighted by Gasteiger charge is -1.97. The number of nitrogens with zero attached hydrogens (tertiary/aromatic N) is 2. The van der Waals surface area contributed by atoms with Gasteiger partial charge in [-0.15, -0.1) is 11.3 Å². The fourth-order valence-electron chi connectivity index (χ4n) is 1.09. The Balaban J connectivity index is 2.32. The first-order valence-electron chi connectivity index (χ1n) is 3.73. The number of thiazole rings is 1. The standard InChI is InChI=1S/C7H8N4OS/c1-3-2-9-6(13-3)4-5(12)11-7(8)10-4/h2,4H,1H3,(H3,8,10,11,12). The van der Waals surface area contributed by atoms with Crippen molar-refractivity contribution in [1.29, 1.82) is 0 Å². The van der Waals surface area contributed by atoms with E-state index in [0.717, 1.165) is 4.88 Å². The van der Waals surface area contributed by atoms with Gasteiger partial charge in [-0.3, -0.25) is 10.1 Å². The van der Waals surface area contributed by atoms with E-state index in [0.29, 0.717) is 5.01 Å². The van der Waals surface area contributed by atoms with Crippen LogP contribution in [0.25, 0.3) is 0 Å². The van der Waals surface area contributed by atoms with Crippen molar-refractivity contribution in [1.82, 2.24) is 10.3 Å². The first-order valence-corrected chi connectivity index (χ1v) is 4.55. The molecule has 2 rings (SSSR count). The van der Waals surface area contributed by atoms with Crippen molar-refractivity contribution >= 4 is 23.2 Å². The molecule has 1 aliphatic rings. The Morgan fingerprint density at radius 1 is 1.69 bits per heavy atom. The number of guanidine groups is 1. The van der Waals surface area contributed by atoms with Gasteiger partial charge in [-0.05, 0) is 6.92 Å². The summed E-state index contributed by atoms with van der Waals surface area (Å²) < 4.78 is 0. The minimum absolute atomic E-state index is 0.169. The first-order chi connectivity index (χ1) is 6.16. The number of carbonyl (C=O) groups excluding carboxylic acids is 1. The zero-order valence-electron chi connectivity index (χ0n) is 6.94. The lowest BCUT2D eigenvalue weighted by Crippen LogP contribution is -2.31. The SMILES string of the molecule is Cc1cnc(C2N=C(N)NC2=O)s1. The van der Waals surface area contributed by atoms with Crippen LogP contribution < -0.4 is 11.1 Å². The minimum atomic E-state index is -0.543. The van der Waals surface area contributed by atoms with E-state index in [1.54, 1.807) is 6.20 Å². The molecule has 13 heavy (non-hydrogen) atoms. The summed E-state index contributed by atoms with van der Waals surface area (Å²) in [5.74, 6) is -0.0327. The van der Waals surface area contributed by atoms with Crippen molar-refractivity contribution < 1.29 is 4.79 Å². The van der Waals surface area contributed by atoms with E-state index in [-0.39, 0.29) is 11.9 Å². The number of rotatable bonds is 1. The van der Waals surface area contributed by atoms with Crippen molar-refractivity contribution in [2.75, 3.05) is 0 Å². The van der Waals surface area contributed by atoms with Crippen LogP contribution in [0, 0.1) is 6.92 Å². The summed E-state index contributed by atoms with van der Waals surface area (Å²) in [4.78, 5) is 20.3. The topological polar surface area (TPSA) is 80.4 Å². The van der Waals surface area contributed by atoms with E-state index in [2.05, 4.69) is 15.3 Å². The summed E-state index contributed by atoms with van der Waals surface area (Å²) in [6.45, 7) is 1.93. The summed E-state index contributed by atoms with van der Waals surface area (Å²) >= 11 is 1.46. The Bertz CT molecular complexity index is 384. The molecule has 0 bridgehead atoms. The van der Waals surface area contributed by atoms with E-state index in [1.165, 1.54) is 11.3 Å². The van der Waals surface area contributed by atoms with Crippen LogP contribution in [0.2, 0.25) is 0 Å². The molecule has 1 atom stereocenters. The van der Waals surface area contributed by atoms with Crippen molar-refractivity contribution in [3.8, 4) is 0 Å². The van der Waals surface area contributed by atoms with Crippen LogP contribution in [0.15, 0.2) is 11.2 Å². The molecule has 68 valence electrons. The number of carbonyl (C=O) groups is 1. The van der Waals surface area contributed by atoms with Crippen LogP contribution in [0.4, 0.5) is 0 Å². The molecule has 1 unspecified atom stereocenters. The molecular weight excluding hydrogens is 188 g/mol. The van der Waals surface area contributed by atoms with Gasteiger partial charge in [-0.2, -0.15) is 0 Å². The summed E-state index contributed by atoms with van der Waals surface area (Å²) in [6.07, 6.45) is 1.72. The second kappa shape index (κ2) is 2.81. The maximum Gasteiger partial charge on any atom is 0.258 e. The third-order valence-corrected chi connectivity index (χ3v) is 2.61. The summed E-state index contributed by atoms with van der Waals surface area (Å²) in [6, 6.07) is -0.543. The Kier molecular flexibility index (Phi) is 1.77. The quantitative estimate of drug-likeness (QED) is 0.660. The van der Waals surface area contributed by atoms with Gasteiger partial charge in [-0.1, -0.05) is 0 Å². The molecule has 0 aromatic carbocycles. The van der Waals surface area contributed by atoms with Crippen LogP contribution in [0.3, 0.4) is 0 Å². The summed E-state index contributed by atoms with van der Waals surface area (Å²) in [5.41, 5.74) is 5.35. The van der Waals surface area contributed by atoms with E-state index >= 15 is 0 Å². The number of amides is 1. The number of aryl methyl sites for hydroxylation is 1. The zero-order valence-corrected chi connectivity index (χ0v) is 7.76.